The van der Waals surface area contributed by atoms with Gasteiger partial charge in [0.2, 0.25) is 11.6 Å². The lowest BCUT2D eigenvalue weighted by Gasteiger charge is -2.17. The maximum atomic E-state index is 15.1. The smallest absolute Gasteiger partial charge is 0.490 e. The summed E-state index contributed by atoms with van der Waals surface area (Å²) < 4.78 is 129. The summed E-state index contributed by atoms with van der Waals surface area (Å²) >= 11 is 0. The summed E-state index contributed by atoms with van der Waals surface area (Å²) in [4.78, 5) is 27.9. The van der Waals surface area contributed by atoms with Gasteiger partial charge < -0.3 is 25.3 Å². The average molecular weight is 536 g/mol. The molecular weight excluding hydrogens is 519 g/mol. The molecule has 1 aromatic heterocycles. The number of primary amides is 1. The molecule has 3 N–H and O–H groups in total. The largest absolute Gasteiger partial charge is 0.573 e. The Hall–Kier alpha value is -4.56. The molecule has 0 fully saturated rings. The van der Waals surface area contributed by atoms with Crippen LogP contribution in [0, 0.1) is 11.6 Å². The highest BCUT2D eigenvalue weighted by Gasteiger charge is 2.34. The molecule has 8 nitrogen and oxygen atoms in total. The number of nitrogens with one attached hydrogen (secondary N) is 1. The van der Waals surface area contributed by atoms with Crippen molar-refractivity contribution in [2.24, 2.45) is 5.73 Å². The number of pyridine rings is 1. The number of hydrogen-bond acceptors (Lipinski definition) is 6. The van der Waals surface area contributed by atoms with Crippen molar-refractivity contribution in [3.63, 3.8) is 0 Å². The predicted octanol–water partition coefficient (Wildman–Crippen LogP) is 5.35. The molecule has 15 heteroatoms. The molecule has 3 rings (SSSR count). The number of benzene rings is 2. The first kappa shape index (κ1) is 22.9. The van der Waals surface area contributed by atoms with E-state index in [9.17, 15) is 35.9 Å². The Morgan fingerprint density at radius 3 is 2.35 bits per heavy atom. The quantitative estimate of drug-likeness (QED) is 0.376. The molecule has 0 saturated heterocycles. The minimum absolute atomic E-state index is 0.201. The first-order valence-corrected chi connectivity index (χ1v) is 9.59. The van der Waals surface area contributed by atoms with Crippen molar-refractivity contribution in [3.05, 3.63) is 71.1 Å². The van der Waals surface area contributed by atoms with Crippen molar-refractivity contribution >= 4 is 17.5 Å². The number of methoxy groups -OCH3 is 1. The Bertz CT molecular complexity index is 1450. The van der Waals surface area contributed by atoms with Crippen LogP contribution in [0.4, 0.5) is 36.4 Å². The van der Waals surface area contributed by atoms with Crippen LogP contribution in [0.3, 0.4) is 0 Å². The molecule has 1 heterocycles. The van der Waals surface area contributed by atoms with Crippen LogP contribution in [-0.4, -0.2) is 30.2 Å². The van der Waals surface area contributed by atoms with E-state index in [4.69, 9.17) is 14.6 Å². The number of ether oxygens (including phenoxy) is 3. The number of aromatic nitrogens is 1. The molecule has 37 heavy (non-hydrogen) atoms. The van der Waals surface area contributed by atoms with Crippen LogP contribution in [0.15, 0.2) is 42.6 Å². The second kappa shape index (κ2) is 10.6. The van der Waals surface area contributed by atoms with Gasteiger partial charge in [0.1, 0.15) is 22.8 Å². The normalized spacial score (nSPS) is 12.8. The zero-order chi connectivity index (χ0) is 30.0. The number of hydrogen-bond donors (Lipinski definition) is 2. The van der Waals surface area contributed by atoms with Crippen LogP contribution in [0.5, 0.6) is 23.0 Å². The van der Waals surface area contributed by atoms with Gasteiger partial charge in [-0.1, -0.05) is 0 Å². The first-order valence-electron chi connectivity index (χ1n) is 11.1. The van der Waals surface area contributed by atoms with Crippen LogP contribution < -0.4 is 25.3 Å². The molecule has 0 spiro atoms. The zero-order valence-corrected chi connectivity index (χ0v) is 17.8. The first-order chi connectivity index (χ1) is 18.5. The fourth-order valence-electron chi connectivity index (χ4n) is 2.89. The number of rotatable bonds is 8. The highest BCUT2D eigenvalue weighted by Crippen LogP contribution is 2.41. The Morgan fingerprint density at radius 2 is 1.73 bits per heavy atom. The number of alkyl halides is 5. The maximum absolute atomic E-state index is 15.1. The minimum Gasteiger partial charge on any atom is -0.490 e. The number of carbonyl (C=O) groups is 2. The van der Waals surface area contributed by atoms with E-state index in [2.05, 4.69) is 19.8 Å². The highest BCUT2D eigenvalue weighted by atomic mass is 19.4. The topological polar surface area (TPSA) is 113 Å². The third-order valence-corrected chi connectivity index (χ3v) is 4.44. The average Bonchev–Trinajstić information content (AvgIpc) is 2.81. The molecule has 196 valence electrons. The molecule has 2 aromatic carbocycles. The predicted molar refractivity (Wildman–Crippen MR) is 112 cm³/mol. The van der Waals surface area contributed by atoms with Gasteiger partial charge in [-0.25, -0.2) is 13.2 Å². The van der Waals surface area contributed by atoms with Gasteiger partial charge in [-0.05, 0) is 36.4 Å². The monoisotopic (exact) mass is 536 g/mol. The zero-order valence-electron chi connectivity index (χ0n) is 20.8. The van der Waals surface area contributed by atoms with Gasteiger partial charge in [-0.2, -0.15) is 4.39 Å². The van der Waals surface area contributed by atoms with Crippen molar-refractivity contribution in [2.45, 2.75) is 12.8 Å². The fraction of sp³-hybridized carbons (Fsp3) is 0.136. The second-order valence-corrected chi connectivity index (χ2v) is 6.85. The summed E-state index contributed by atoms with van der Waals surface area (Å²) in [5, 5.41) is 2.09. The standard InChI is InChI=1S/C22H14F7N3O5/c1-35-18-14(5-4-13(17(18)24)37-22(27,28)29)36-12-3-2-10(19(25)26)16(23)15(12)21(34)32-9-6-7-31-11(8-9)20(30)33/h2-8,19H,1H3,(H2,30,33)(H,31,32,34)/i1D3. The van der Waals surface area contributed by atoms with E-state index < -0.39 is 77.4 Å². The summed E-state index contributed by atoms with van der Waals surface area (Å²) in [6.07, 6.45) is -7.81. The van der Waals surface area contributed by atoms with Crippen molar-refractivity contribution in [3.8, 4) is 23.0 Å². The summed E-state index contributed by atoms with van der Waals surface area (Å²) in [5.74, 6) is -11.2. The Labute approximate surface area is 207 Å². The molecule has 0 aliphatic carbocycles. The van der Waals surface area contributed by atoms with Crippen molar-refractivity contribution < 1.29 is 58.6 Å². The Kier molecular flexibility index (Phi) is 6.55. The molecule has 0 bridgehead atoms. The van der Waals surface area contributed by atoms with Gasteiger partial charge in [0.05, 0.1) is 16.7 Å². The van der Waals surface area contributed by atoms with Gasteiger partial charge in [-0.3, -0.25) is 14.6 Å². The number of nitrogens with two attached hydrogens (primary N) is 1. The van der Waals surface area contributed by atoms with Crippen LogP contribution in [0.2, 0.25) is 0 Å². The van der Waals surface area contributed by atoms with E-state index in [1.807, 2.05) is 0 Å². The fourth-order valence-corrected chi connectivity index (χ4v) is 2.89. The van der Waals surface area contributed by atoms with Crippen LogP contribution >= 0.6 is 0 Å². The molecular formula is C22H14F7N3O5. The van der Waals surface area contributed by atoms with E-state index in [0.29, 0.717) is 24.3 Å². The summed E-state index contributed by atoms with van der Waals surface area (Å²) in [6.45, 7) is 0. The number of halogens is 7. The van der Waals surface area contributed by atoms with E-state index in [-0.39, 0.29) is 11.4 Å². The van der Waals surface area contributed by atoms with Crippen molar-refractivity contribution in [1.82, 2.24) is 4.98 Å². The lowest BCUT2D eigenvalue weighted by atomic mass is 10.1. The van der Waals surface area contributed by atoms with Gasteiger partial charge in [0.25, 0.3) is 18.2 Å². The minimum atomic E-state index is -5.40. The SMILES string of the molecule is [2H]C([2H])([2H])Oc1c(Oc2ccc(C(F)F)c(F)c2C(=O)Nc2ccnc(C(N)=O)c2)ccc(OC(F)(F)F)c1F. The Morgan fingerprint density at radius 1 is 1.05 bits per heavy atom. The van der Waals surface area contributed by atoms with Crippen molar-refractivity contribution in [1.29, 1.82) is 0 Å². The summed E-state index contributed by atoms with van der Waals surface area (Å²) in [6, 6.07) is 4.11. The number of amides is 2. The third kappa shape index (κ3) is 6.17. The van der Waals surface area contributed by atoms with Crippen molar-refractivity contribution in [2.75, 3.05) is 12.4 Å². The Balaban J connectivity index is 2.12. The van der Waals surface area contributed by atoms with E-state index >= 15 is 4.39 Å². The number of anilines is 1. The molecule has 3 aromatic rings. The van der Waals surface area contributed by atoms with Gasteiger partial charge in [0.15, 0.2) is 11.5 Å². The molecule has 0 atom stereocenters. The van der Waals surface area contributed by atoms with Crippen LogP contribution in [0.25, 0.3) is 0 Å². The van der Waals surface area contributed by atoms with E-state index in [1.165, 1.54) is 0 Å². The van der Waals surface area contributed by atoms with Gasteiger partial charge in [0, 0.05) is 11.9 Å². The third-order valence-electron chi connectivity index (χ3n) is 4.44. The lowest BCUT2D eigenvalue weighted by molar-refractivity contribution is -0.275. The summed E-state index contributed by atoms with van der Waals surface area (Å²) in [5.41, 5.74) is 2.07. The molecule has 2 amide bonds. The van der Waals surface area contributed by atoms with E-state index in [1.54, 1.807) is 0 Å². The molecule has 0 saturated carbocycles. The van der Waals surface area contributed by atoms with Crippen LogP contribution in [0.1, 0.15) is 36.9 Å². The molecule has 0 aliphatic heterocycles. The maximum Gasteiger partial charge on any atom is 0.573 e. The second-order valence-electron chi connectivity index (χ2n) is 6.85. The van der Waals surface area contributed by atoms with E-state index in [0.717, 1.165) is 18.3 Å². The molecule has 0 aliphatic rings. The molecule has 0 radical (unpaired) electrons. The van der Waals surface area contributed by atoms with Gasteiger partial charge >= 0.3 is 6.36 Å². The van der Waals surface area contributed by atoms with Gasteiger partial charge in [-0.15, -0.1) is 13.2 Å². The van der Waals surface area contributed by atoms with Crippen LogP contribution in [-0.2, 0) is 0 Å². The molecule has 0 unspecified atom stereocenters. The summed E-state index contributed by atoms with van der Waals surface area (Å²) in [7, 11) is -3.46. The highest BCUT2D eigenvalue weighted by molar-refractivity contribution is 6.07. The number of carbonyl (C=O) groups excluding carboxylic acids is 2. The lowest BCUT2D eigenvalue weighted by Crippen LogP contribution is -2.18. The number of nitrogens with zero attached hydrogens (tertiary/aromatic N) is 1.